The lowest BCUT2D eigenvalue weighted by atomic mass is 9.78. The standard InChI is InChI=1S/C22H27FN2O/c1-25(2)16-13-17-5-11-20(12-6-17)24-21(26)22(14-3-4-15-22)18-7-9-19(23)10-8-18/h5-12H,3-4,13-16H2,1-2H3,(H,24,26). The van der Waals surface area contributed by atoms with E-state index in [1.807, 2.05) is 12.1 Å². The van der Waals surface area contributed by atoms with Gasteiger partial charge in [-0.25, -0.2) is 4.39 Å². The first-order valence-corrected chi connectivity index (χ1v) is 9.31. The summed E-state index contributed by atoms with van der Waals surface area (Å²) in [6.45, 7) is 0.999. The molecule has 0 radical (unpaired) electrons. The van der Waals surface area contributed by atoms with Gasteiger partial charge < -0.3 is 10.2 Å². The van der Waals surface area contributed by atoms with Gasteiger partial charge in [0, 0.05) is 12.2 Å². The summed E-state index contributed by atoms with van der Waals surface area (Å²) >= 11 is 0. The Morgan fingerprint density at radius 1 is 1.04 bits per heavy atom. The Morgan fingerprint density at radius 2 is 1.65 bits per heavy atom. The first-order chi connectivity index (χ1) is 12.5. The maximum absolute atomic E-state index is 13.3. The summed E-state index contributed by atoms with van der Waals surface area (Å²) in [5, 5.41) is 3.09. The average molecular weight is 354 g/mol. The molecule has 1 aliphatic carbocycles. The van der Waals surface area contributed by atoms with Gasteiger partial charge >= 0.3 is 0 Å². The number of halogens is 1. The molecule has 0 atom stereocenters. The van der Waals surface area contributed by atoms with Crippen LogP contribution in [-0.2, 0) is 16.6 Å². The van der Waals surface area contributed by atoms with Gasteiger partial charge in [-0.05, 0) is 68.8 Å². The molecule has 2 aromatic carbocycles. The Balaban J connectivity index is 1.73. The zero-order valence-corrected chi connectivity index (χ0v) is 15.6. The third kappa shape index (κ3) is 4.13. The number of hydrogen-bond acceptors (Lipinski definition) is 2. The molecule has 0 spiro atoms. The van der Waals surface area contributed by atoms with E-state index in [0.717, 1.165) is 49.9 Å². The van der Waals surface area contributed by atoms with Crippen molar-refractivity contribution in [1.82, 2.24) is 4.90 Å². The van der Waals surface area contributed by atoms with E-state index >= 15 is 0 Å². The smallest absolute Gasteiger partial charge is 0.235 e. The highest BCUT2D eigenvalue weighted by molar-refractivity contribution is 5.99. The number of carbonyl (C=O) groups is 1. The van der Waals surface area contributed by atoms with E-state index in [4.69, 9.17) is 0 Å². The number of rotatable bonds is 6. The largest absolute Gasteiger partial charge is 0.325 e. The molecule has 0 aliphatic heterocycles. The zero-order chi connectivity index (χ0) is 18.6. The fourth-order valence-electron chi connectivity index (χ4n) is 3.75. The zero-order valence-electron chi connectivity index (χ0n) is 15.6. The fraction of sp³-hybridized carbons (Fsp3) is 0.409. The first kappa shape index (κ1) is 18.6. The van der Waals surface area contributed by atoms with Crippen LogP contribution < -0.4 is 5.32 Å². The Kier molecular flexibility index (Phi) is 5.72. The predicted molar refractivity (Wildman–Crippen MR) is 104 cm³/mol. The molecule has 4 heteroatoms. The lowest BCUT2D eigenvalue weighted by Gasteiger charge is -2.28. The molecule has 1 N–H and O–H groups in total. The van der Waals surface area contributed by atoms with Gasteiger partial charge in [0.15, 0.2) is 0 Å². The number of benzene rings is 2. The highest BCUT2D eigenvalue weighted by Gasteiger charge is 2.42. The van der Waals surface area contributed by atoms with Crippen molar-refractivity contribution in [3.8, 4) is 0 Å². The van der Waals surface area contributed by atoms with Crippen LogP contribution in [0.25, 0.3) is 0 Å². The molecule has 2 aromatic rings. The second-order valence-electron chi connectivity index (χ2n) is 7.50. The van der Waals surface area contributed by atoms with Gasteiger partial charge in [-0.1, -0.05) is 37.1 Å². The Hall–Kier alpha value is -2.20. The van der Waals surface area contributed by atoms with Gasteiger partial charge in [-0.2, -0.15) is 0 Å². The molecule has 1 aliphatic rings. The van der Waals surface area contributed by atoms with Crippen molar-refractivity contribution in [2.75, 3.05) is 26.0 Å². The van der Waals surface area contributed by atoms with E-state index in [2.05, 4.69) is 36.4 Å². The van der Waals surface area contributed by atoms with Gasteiger partial charge in [0.2, 0.25) is 5.91 Å². The summed E-state index contributed by atoms with van der Waals surface area (Å²) in [7, 11) is 4.12. The lowest BCUT2D eigenvalue weighted by Crippen LogP contribution is -2.38. The van der Waals surface area contributed by atoms with Crippen molar-refractivity contribution in [3.63, 3.8) is 0 Å². The van der Waals surface area contributed by atoms with Crippen LogP contribution in [-0.4, -0.2) is 31.4 Å². The van der Waals surface area contributed by atoms with E-state index in [1.54, 1.807) is 12.1 Å². The highest BCUT2D eigenvalue weighted by Crippen LogP contribution is 2.42. The Morgan fingerprint density at radius 3 is 2.23 bits per heavy atom. The van der Waals surface area contributed by atoms with Crippen molar-refractivity contribution in [2.45, 2.75) is 37.5 Å². The molecule has 138 valence electrons. The van der Waals surface area contributed by atoms with Crippen LogP contribution in [0, 0.1) is 5.82 Å². The van der Waals surface area contributed by atoms with Crippen molar-refractivity contribution < 1.29 is 9.18 Å². The van der Waals surface area contributed by atoms with E-state index in [0.29, 0.717) is 0 Å². The topological polar surface area (TPSA) is 32.3 Å². The van der Waals surface area contributed by atoms with Crippen LogP contribution in [0.2, 0.25) is 0 Å². The molecule has 1 fully saturated rings. The molecule has 3 nitrogen and oxygen atoms in total. The summed E-state index contributed by atoms with van der Waals surface area (Å²) in [4.78, 5) is 15.3. The van der Waals surface area contributed by atoms with Crippen LogP contribution in [0.1, 0.15) is 36.8 Å². The third-order valence-electron chi connectivity index (χ3n) is 5.35. The number of amides is 1. The van der Waals surface area contributed by atoms with Crippen LogP contribution in [0.15, 0.2) is 48.5 Å². The monoisotopic (exact) mass is 354 g/mol. The fourth-order valence-corrected chi connectivity index (χ4v) is 3.75. The molecule has 0 aromatic heterocycles. The van der Waals surface area contributed by atoms with E-state index in [1.165, 1.54) is 17.7 Å². The van der Waals surface area contributed by atoms with Gasteiger partial charge in [-0.15, -0.1) is 0 Å². The van der Waals surface area contributed by atoms with E-state index in [-0.39, 0.29) is 11.7 Å². The van der Waals surface area contributed by atoms with Crippen molar-refractivity contribution in [2.24, 2.45) is 0 Å². The molecule has 26 heavy (non-hydrogen) atoms. The van der Waals surface area contributed by atoms with Crippen molar-refractivity contribution >= 4 is 11.6 Å². The van der Waals surface area contributed by atoms with Gasteiger partial charge in [0.05, 0.1) is 5.41 Å². The summed E-state index contributed by atoms with van der Waals surface area (Å²) in [5.41, 5.74) is 2.44. The van der Waals surface area contributed by atoms with Gasteiger partial charge in [0.25, 0.3) is 0 Å². The Bertz CT molecular complexity index is 732. The number of anilines is 1. The Labute approximate surface area is 155 Å². The molecule has 0 heterocycles. The van der Waals surface area contributed by atoms with E-state index < -0.39 is 5.41 Å². The number of carbonyl (C=O) groups excluding carboxylic acids is 1. The van der Waals surface area contributed by atoms with Crippen molar-refractivity contribution in [3.05, 3.63) is 65.5 Å². The second kappa shape index (κ2) is 8.00. The molecule has 1 saturated carbocycles. The lowest BCUT2D eigenvalue weighted by molar-refractivity contribution is -0.121. The molecular weight excluding hydrogens is 327 g/mol. The maximum Gasteiger partial charge on any atom is 0.235 e. The summed E-state index contributed by atoms with van der Waals surface area (Å²) < 4.78 is 13.3. The number of nitrogens with one attached hydrogen (secondary N) is 1. The number of nitrogens with zero attached hydrogens (tertiary/aromatic N) is 1. The van der Waals surface area contributed by atoms with Gasteiger partial charge in [-0.3, -0.25) is 4.79 Å². The molecule has 0 saturated heterocycles. The minimum Gasteiger partial charge on any atom is -0.325 e. The van der Waals surface area contributed by atoms with Crippen LogP contribution in [0.3, 0.4) is 0 Å². The average Bonchev–Trinajstić information content (AvgIpc) is 3.13. The summed E-state index contributed by atoms with van der Waals surface area (Å²) in [6.07, 6.45) is 4.65. The van der Waals surface area contributed by atoms with Crippen LogP contribution in [0.5, 0.6) is 0 Å². The maximum atomic E-state index is 13.3. The molecule has 1 amide bonds. The van der Waals surface area contributed by atoms with Gasteiger partial charge in [0.1, 0.15) is 5.82 Å². The van der Waals surface area contributed by atoms with Crippen molar-refractivity contribution in [1.29, 1.82) is 0 Å². The number of hydrogen-bond donors (Lipinski definition) is 1. The molecular formula is C22H27FN2O. The number of likely N-dealkylation sites (N-methyl/N-ethyl adjacent to an activating group) is 1. The molecule has 0 unspecified atom stereocenters. The predicted octanol–water partition coefficient (Wildman–Crippen LogP) is 4.38. The molecule has 3 rings (SSSR count). The quantitative estimate of drug-likeness (QED) is 0.835. The minimum atomic E-state index is -0.544. The minimum absolute atomic E-state index is 0.0163. The van der Waals surface area contributed by atoms with E-state index in [9.17, 15) is 9.18 Å². The first-order valence-electron chi connectivity index (χ1n) is 9.31. The third-order valence-corrected chi connectivity index (χ3v) is 5.35. The summed E-state index contributed by atoms with van der Waals surface area (Å²) in [6, 6.07) is 14.5. The normalized spacial score (nSPS) is 16.0. The van der Waals surface area contributed by atoms with Crippen LogP contribution >= 0.6 is 0 Å². The SMILES string of the molecule is CN(C)CCc1ccc(NC(=O)C2(c3ccc(F)cc3)CCCC2)cc1. The second-order valence-corrected chi connectivity index (χ2v) is 7.50. The summed E-state index contributed by atoms with van der Waals surface area (Å²) in [5.74, 6) is -0.252. The van der Waals surface area contributed by atoms with Crippen LogP contribution in [0.4, 0.5) is 10.1 Å². The highest BCUT2D eigenvalue weighted by atomic mass is 19.1. The molecule has 0 bridgehead atoms.